The Kier molecular flexibility index (Phi) is 5.02. The molecule has 1 aliphatic carbocycles. The zero-order chi connectivity index (χ0) is 16.4. The van der Waals surface area contributed by atoms with Gasteiger partial charge >= 0.3 is 0 Å². The molecule has 1 aliphatic heterocycles. The predicted octanol–water partition coefficient (Wildman–Crippen LogP) is 0.979. The highest BCUT2D eigenvalue weighted by Gasteiger charge is 2.27. The van der Waals surface area contributed by atoms with Gasteiger partial charge in [-0.1, -0.05) is 6.92 Å². The number of aryl methyl sites for hydroxylation is 1. The Morgan fingerprint density at radius 1 is 1.30 bits per heavy atom. The molecular weight excluding hydrogens is 310 g/mol. The van der Waals surface area contributed by atoms with E-state index in [9.17, 15) is 9.59 Å². The van der Waals surface area contributed by atoms with Gasteiger partial charge in [0.15, 0.2) is 6.54 Å². The molecule has 1 unspecified atom stereocenters. The molecule has 0 radical (unpaired) electrons. The third-order valence-electron chi connectivity index (χ3n) is 4.95. The Morgan fingerprint density at radius 3 is 2.83 bits per heavy atom. The molecule has 3 rings (SSSR count). The standard InChI is InChI=1S/C17H25N3O2S/c1-11-5-4-8-20(9-11)10-14(21)19-17-15(16(18)22)12-6-2-3-7-13(12)23-17/h11H,2-10H2,1H3,(H2,18,22)(H,19,21)/p+1/t11-/m1/s1. The summed E-state index contributed by atoms with van der Waals surface area (Å²) < 4.78 is 0. The number of likely N-dealkylation sites (tertiary alicyclic amines) is 1. The molecule has 0 spiro atoms. The van der Waals surface area contributed by atoms with Gasteiger partial charge in [-0.15, -0.1) is 11.3 Å². The van der Waals surface area contributed by atoms with Gasteiger partial charge < -0.3 is 16.0 Å². The van der Waals surface area contributed by atoms with E-state index in [1.165, 1.54) is 34.0 Å². The number of nitrogens with one attached hydrogen (secondary N) is 2. The molecule has 0 aromatic carbocycles. The van der Waals surface area contributed by atoms with Crippen LogP contribution in [0.3, 0.4) is 0 Å². The summed E-state index contributed by atoms with van der Waals surface area (Å²) in [6.07, 6.45) is 6.57. The van der Waals surface area contributed by atoms with Crippen LogP contribution in [-0.2, 0) is 17.6 Å². The fraction of sp³-hybridized carbons (Fsp3) is 0.647. The average Bonchev–Trinajstić information content (AvgIpc) is 2.84. The maximum Gasteiger partial charge on any atom is 0.280 e. The van der Waals surface area contributed by atoms with E-state index in [0.29, 0.717) is 23.0 Å². The molecule has 1 fully saturated rings. The van der Waals surface area contributed by atoms with E-state index in [0.717, 1.165) is 44.3 Å². The van der Waals surface area contributed by atoms with Crippen LogP contribution in [-0.4, -0.2) is 31.4 Å². The van der Waals surface area contributed by atoms with Gasteiger partial charge in [-0.25, -0.2) is 0 Å². The quantitative estimate of drug-likeness (QED) is 0.766. The predicted molar refractivity (Wildman–Crippen MR) is 92.1 cm³/mol. The molecule has 2 heterocycles. The highest BCUT2D eigenvalue weighted by molar-refractivity contribution is 7.17. The molecule has 0 bridgehead atoms. The first kappa shape index (κ1) is 16.5. The first-order valence-corrected chi connectivity index (χ1v) is 9.44. The van der Waals surface area contributed by atoms with Gasteiger partial charge in [-0.2, -0.15) is 0 Å². The molecule has 1 saturated heterocycles. The van der Waals surface area contributed by atoms with Gasteiger partial charge in [0.2, 0.25) is 0 Å². The SMILES string of the molecule is C[C@@H]1CCC[NH+](CC(=O)Nc2sc3c(c2C(N)=O)CCCC3)C1. The van der Waals surface area contributed by atoms with Crippen molar-refractivity contribution in [1.29, 1.82) is 0 Å². The number of carbonyl (C=O) groups excluding carboxylic acids is 2. The van der Waals surface area contributed by atoms with E-state index in [1.807, 2.05) is 0 Å². The van der Waals surface area contributed by atoms with Gasteiger partial charge in [0.25, 0.3) is 11.8 Å². The Balaban J connectivity index is 1.70. The maximum atomic E-state index is 12.4. The summed E-state index contributed by atoms with van der Waals surface area (Å²) in [4.78, 5) is 26.8. The number of nitrogens with two attached hydrogens (primary N) is 1. The lowest BCUT2D eigenvalue weighted by Crippen LogP contribution is -3.14. The highest BCUT2D eigenvalue weighted by atomic mass is 32.1. The third-order valence-corrected chi connectivity index (χ3v) is 6.15. The normalized spacial score (nSPS) is 24.0. The monoisotopic (exact) mass is 336 g/mol. The van der Waals surface area contributed by atoms with Crippen LogP contribution in [0, 0.1) is 5.92 Å². The Morgan fingerprint density at radius 2 is 2.09 bits per heavy atom. The van der Waals surface area contributed by atoms with Crippen molar-refractivity contribution in [2.24, 2.45) is 11.7 Å². The van der Waals surface area contributed by atoms with Crippen LogP contribution < -0.4 is 16.0 Å². The lowest BCUT2D eigenvalue weighted by Gasteiger charge is -2.27. The van der Waals surface area contributed by atoms with Gasteiger partial charge in [0, 0.05) is 10.8 Å². The molecule has 6 heteroatoms. The largest absolute Gasteiger partial charge is 0.365 e. The highest BCUT2D eigenvalue weighted by Crippen LogP contribution is 2.37. The van der Waals surface area contributed by atoms with E-state index in [1.54, 1.807) is 0 Å². The topological polar surface area (TPSA) is 76.6 Å². The molecule has 5 nitrogen and oxygen atoms in total. The lowest BCUT2D eigenvalue weighted by molar-refractivity contribution is -0.900. The first-order valence-electron chi connectivity index (χ1n) is 8.62. The summed E-state index contributed by atoms with van der Waals surface area (Å²) in [7, 11) is 0. The smallest absolute Gasteiger partial charge is 0.280 e. The minimum Gasteiger partial charge on any atom is -0.365 e. The number of rotatable bonds is 4. The Bertz CT molecular complexity index is 611. The van der Waals surface area contributed by atoms with Gasteiger partial charge in [-0.3, -0.25) is 9.59 Å². The zero-order valence-corrected chi connectivity index (χ0v) is 14.6. The van der Waals surface area contributed by atoms with Crippen molar-refractivity contribution >= 4 is 28.2 Å². The number of piperidine rings is 1. The lowest BCUT2D eigenvalue weighted by atomic mass is 9.95. The number of thiophene rings is 1. The van der Waals surface area contributed by atoms with E-state index in [2.05, 4.69) is 12.2 Å². The average molecular weight is 336 g/mol. The van der Waals surface area contributed by atoms with Gasteiger partial charge in [-0.05, 0) is 44.1 Å². The fourth-order valence-electron chi connectivity index (χ4n) is 3.87. The summed E-state index contributed by atoms with van der Waals surface area (Å²) in [6, 6.07) is 0. The second-order valence-corrected chi connectivity index (χ2v) is 8.06. The van der Waals surface area contributed by atoms with Crippen LogP contribution in [0.5, 0.6) is 0 Å². The zero-order valence-electron chi connectivity index (χ0n) is 13.7. The van der Waals surface area contributed by atoms with Crippen LogP contribution in [0.15, 0.2) is 0 Å². The van der Waals surface area contributed by atoms with Gasteiger partial charge in [0.05, 0.1) is 18.7 Å². The summed E-state index contributed by atoms with van der Waals surface area (Å²) in [5.41, 5.74) is 7.20. The van der Waals surface area contributed by atoms with E-state index in [4.69, 9.17) is 5.73 Å². The van der Waals surface area contributed by atoms with Crippen molar-refractivity contribution in [2.45, 2.75) is 45.4 Å². The number of quaternary nitrogens is 1. The molecule has 4 N–H and O–H groups in total. The summed E-state index contributed by atoms with van der Waals surface area (Å²) >= 11 is 1.54. The minimum atomic E-state index is -0.418. The minimum absolute atomic E-state index is 0.00445. The van der Waals surface area contributed by atoms with Crippen molar-refractivity contribution in [3.8, 4) is 0 Å². The van der Waals surface area contributed by atoms with Crippen molar-refractivity contribution in [2.75, 3.05) is 25.0 Å². The van der Waals surface area contributed by atoms with E-state index < -0.39 is 5.91 Å². The molecule has 0 saturated carbocycles. The third kappa shape index (κ3) is 3.75. The molecule has 23 heavy (non-hydrogen) atoms. The van der Waals surface area contributed by atoms with Crippen LogP contribution in [0.4, 0.5) is 5.00 Å². The molecule has 2 aliphatic rings. The molecule has 1 aromatic rings. The first-order chi connectivity index (χ1) is 11.0. The number of anilines is 1. The number of carbonyl (C=O) groups is 2. The Hall–Kier alpha value is -1.40. The number of hydrogen-bond acceptors (Lipinski definition) is 3. The van der Waals surface area contributed by atoms with Crippen LogP contribution in [0.2, 0.25) is 0 Å². The van der Waals surface area contributed by atoms with Crippen molar-refractivity contribution in [3.63, 3.8) is 0 Å². The Labute approximate surface area is 141 Å². The van der Waals surface area contributed by atoms with Gasteiger partial charge in [0.1, 0.15) is 5.00 Å². The van der Waals surface area contributed by atoms with Crippen LogP contribution in [0.1, 0.15) is 53.4 Å². The number of amides is 2. The number of fused-ring (bicyclic) bond motifs is 1. The molecule has 2 atom stereocenters. The van der Waals surface area contributed by atoms with Crippen molar-refractivity contribution in [1.82, 2.24) is 0 Å². The van der Waals surface area contributed by atoms with Crippen LogP contribution >= 0.6 is 11.3 Å². The fourth-order valence-corrected chi connectivity index (χ4v) is 5.18. The number of hydrogen-bond donors (Lipinski definition) is 3. The molecule has 2 amide bonds. The van der Waals surface area contributed by atoms with Crippen molar-refractivity contribution in [3.05, 3.63) is 16.0 Å². The molecular formula is C17H26N3O2S+. The summed E-state index contributed by atoms with van der Waals surface area (Å²) in [5, 5.41) is 3.63. The van der Waals surface area contributed by atoms with E-state index in [-0.39, 0.29) is 5.91 Å². The molecule has 126 valence electrons. The van der Waals surface area contributed by atoms with Crippen molar-refractivity contribution < 1.29 is 14.5 Å². The van der Waals surface area contributed by atoms with Crippen LogP contribution in [0.25, 0.3) is 0 Å². The second-order valence-electron chi connectivity index (χ2n) is 6.96. The maximum absolute atomic E-state index is 12.4. The van der Waals surface area contributed by atoms with E-state index >= 15 is 0 Å². The molecule has 1 aromatic heterocycles. The summed E-state index contributed by atoms with van der Waals surface area (Å²) in [6.45, 7) is 4.83. The second kappa shape index (κ2) is 7.01. The number of primary amides is 1. The summed E-state index contributed by atoms with van der Waals surface area (Å²) in [5.74, 6) is 0.260.